The fourth-order valence-electron chi connectivity index (χ4n) is 3.13. The number of rotatable bonds is 5. The molecule has 23 heavy (non-hydrogen) atoms. The molecule has 3 rings (SSSR count). The van der Waals surface area contributed by atoms with E-state index in [4.69, 9.17) is 4.74 Å². The summed E-state index contributed by atoms with van der Waals surface area (Å²) in [6.45, 7) is 4.38. The molecule has 0 N–H and O–H groups in total. The molecule has 1 aliphatic heterocycles. The van der Waals surface area contributed by atoms with E-state index in [0.717, 1.165) is 37.2 Å². The second-order valence-electron chi connectivity index (χ2n) is 5.97. The smallest absolute Gasteiger partial charge is 0.226 e. The molecule has 0 spiro atoms. The van der Waals surface area contributed by atoms with Crippen LogP contribution >= 0.6 is 11.3 Å². The zero-order valence-corrected chi connectivity index (χ0v) is 14.3. The number of ether oxygens (including phenoxy) is 1. The van der Waals surface area contributed by atoms with E-state index in [1.807, 2.05) is 36.1 Å². The summed E-state index contributed by atoms with van der Waals surface area (Å²) in [5, 5.41) is 4.38. The molecule has 122 valence electrons. The van der Waals surface area contributed by atoms with Crippen molar-refractivity contribution in [2.45, 2.75) is 32.1 Å². The summed E-state index contributed by atoms with van der Waals surface area (Å²) in [6, 6.07) is 10.1. The second-order valence-corrected chi connectivity index (χ2v) is 6.75. The minimum absolute atomic E-state index is 0.234. The van der Waals surface area contributed by atoms with Crippen LogP contribution < -0.4 is 4.74 Å². The number of carbonyl (C=O) groups excluding carboxylic acids is 1. The van der Waals surface area contributed by atoms with Gasteiger partial charge in [-0.1, -0.05) is 12.1 Å². The van der Waals surface area contributed by atoms with E-state index < -0.39 is 0 Å². The molecule has 4 heteroatoms. The van der Waals surface area contributed by atoms with E-state index in [1.165, 1.54) is 5.56 Å². The molecule has 0 saturated carbocycles. The fraction of sp³-hybridized carbons (Fsp3) is 0.421. The Hall–Kier alpha value is -1.81. The molecule has 1 aromatic carbocycles. The van der Waals surface area contributed by atoms with Crippen LogP contribution in [0.1, 0.15) is 36.8 Å². The monoisotopic (exact) mass is 329 g/mol. The van der Waals surface area contributed by atoms with Gasteiger partial charge in [-0.15, -0.1) is 0 Å². The van der Waals surface area contributed by atoms with Crippen molar-refractivity contribution < 1.29 is 9.53 Å². The molecular formula is C19H23NO2S. The van der Waals surface area contributed by atoms with Gasteiger partial charge in [0.25, 0.3) is 0 Å². The Bertz CT molecular complexity index is 613. The summed E-state index contributed by atoms with van der Waals surface area (Å²) >= 11 is 1.76. The molecular weight excluding hydrogens is 306 g/mol. The summed E-state index contributed by atoms with van der Waals surface area (Å²) in [5.74, 6) is 1.72. The highest BCUT2D eigenvalue weighted by Crippen LogP contribution is 2.29. The molecule has 1 amide bonds. The Morgan fingerprint density at radius 3 is 2.57 bits per heavy atom. The van der Waals surface area contributed by atoms with Gasteiger partial charge in [0.15, 0.2) is 0 Å². The number of benzene rings is 1. The first-order chi connectivity index (χ1) is 11.3. The van der Waals surface area contributed by atoms with Crippen molar-refractivity contribution in [1.82, 2.24) is 4.90 Å². The van der Waals surface area contributed by atoms with E-state index in [2.05, 4.69) is 16.8 Å². The van der Waals surface area contributed by atoms with Crippen molar-refractivity contribution in [1.29, 1.82) is 0 Å². The molecule has 2 aromatic rings. The number of nitrogens with zero attached hydrogens (tertiary/aromatic N) is 1. The molecule has 0 atom stereocenters. The minimum atomic E-state index is 0.234. The highest BCUT2D eigenvalue weighted by atomic mass is 32.1. The first-order valence-electron chi connectivity index (χ1n) is 8.28. The lowest BCUT2D eigenvalue weighted by Crippen LogP contribution is -2.38. The van der Waals surface area contributed by atoms with Crippen LogP contribution in [0.4, 0.5) is 0 Å². The molecule has 3 nitrogen and oxygen atoms in total. The number of thiophene rings is 1. The lowest BCUT2D eigenvalue weighted by Gasteiger charge is -2.32. The first-order valence-corrected chi connectivity index (χ1v) is 9.22. The summed E-state index contributed by atoms with van der Waals surface area (Å²) in [4.78, 5) is 14.5. The highest BCUT2D eigenvalue weighted by molar-refractivity contribution is 7.07. The fourth-order valence-corrected chi connectivity index (χ4v) is 3.87. The van der Waals surface area contributed by atoms with Crippen LogP contribution in [-0.4, -0.2) is 30.5 Å². The number of amides is 1. The van der Waals surface area contributed by atoms with E-state index in [-0.39, 0.29) is 5.91 Å². The Labute approximate surface area is 141 Å². The number of carbonyl (C=O) groups is 1. The maximum Gasteiger partial charge on any atom is 0.226 e. The Morgan fingerprint density at radius 1 is 1.22 bits per heavy atom. The normalized spacial score (nSPS) is 15.6. The van der Waals surface area contributed by atoms with Gasteiger partial charge in [0.05, 0.1) is 13.0 Å². The van der Waals surface area contributed by atoms with Crippen LogP contribution in [0.25, 0.3) is 0 Å². The predicted octanol–water partition coefficient (Wildman–Crippen LogP) is 4.10. The number of piperidine rings is 1. The zero-order chi connectivity index (χ0) is 16.1. The van der Waals surface area contributed by atoms with Crippen molar-refractivity contribution in [3.63, 3.8) is 0 Å². The van der Waals surface area contributed by atoms with Gasteiger partial charge in [-0.3, -0.25) is 4.79 Å². The van der Waals surface area contributed by atoms with E-state index in [9.17, 15) is 4.79 Å². The molecule has 1 fully saturated rings. The van der Waals surface area contributed by atoms with Gasteiger partial charge in [-0.2, -0.15) is 11.3 Å². The van der Waals surface area contributed by atoms with Crippen LogP contribution in [0.15, 0.2) is 41.1 Å². The number of hydrogen-bond donors (Lipinski definition) is 0. The van der Waals surface area contributed by atoms with Gasteiger partial charge < -0.3 is 9.64 Å². The SMILES string of the molecule is CCOc1ccc(CC(=O)N2CCC(c3ccsc3)CC2)cc1. The van der Waals surface area contributed by atoms with Gasteiger partial charge in [0.2, 0.25) is 5.91 Å². The maximum absolute atomic E-state index is 12.5. The largest absolute Gasteiger partial charge is 0.494 e. The molecule has 2 heterocycles. The van der Waals surface area contributed by atoms with Gasteiger partial charge in [0.1, 0.15) is 5.75 Å². The molecule has 0 radical (unpaired) electrons. The first kappa shape index (κ1) is 16.1. The third-order valence-corrected chi connectivity index (χ3v) is 5.15. The molecule has 1 saturated heterocycles. The Balaban J connectivity index is 1.51. The van der Waals surface area contributed by atoms with Crippen LogP contribution in [0.3, 0.4) is 0 Å². The van der Waals surface area contributed by atoms with Crippen LogP contribution in [0, 0.1) is 0 Å². The second kappa shape index (κ2) is 7.64. The third-order valence-electron chi connectivity index (χ3n) is 4.45. The summed E-state index contributed by atoms with van der Waals surface area (Å²) in [7, 11) is 0. The Morgan fingerprint density at radius 2 is 1.96 bits per heavy atom. The number of likely N-dealkylation sites (tertiary alicyclic amines) is 1. The standard InChI is InChI=1S/C19H23NO2S/c1-2-22-18-5-3-15(4-6-18)13-19(21)20-10-7-16(8-11-20)17-9-12-23-14-17/h3-6,9,12,14,16H,2,7-8,10-11,13H2,1H3. The number of hydrogen-bond acceptors (Lipinski definition) is 3. The van der Waals surface area contributed by atoms with Crippen LogP contribution in [0.2, 0.25) is 0 Å². The maximum atomic E-state index is 12.5. The van der Waals surface area contributed by atoms with Crippen molar-refractivity contribution in [2.24, 2.45) is 0 Å². The Kier molecular flexibility index (Phi) is 5.34. The lowest BCUT2D eigenvalue weighted by molar-refractivity contribution is -0.131. The molecule has 0 unspecified atom stereocenters. The zero-order valence-electron chi connectivity index (χ0n) is 13.5. The lowest BCUT2D eigenvalue weighted by atomic mass is 9.91. The summed E-state index contributed by atoms with van der Waals surface area (Å²) < 4.78 is 5.43. The molecule has 1 aliphatic rings. The third kappa shape index (κ3) is 4.14. The van der Waals surface area contributed by atoms with Crippen LogP contribution in [-0.2, 0) is 11.2 Å². The van der Waals surface area contributed by atoms with Crippen molar-refractivity contribution in [3.8, 4) is 5.75 Å². The summed E-state index contributed by atoms with van der Waals surface area (Å²) in [6.07, 6.45) is 2.63. The van der Waals surface area contributed by atoms with Gasteiger partial charge >= 0.3 is 0 Å². The van der Waals surface area contributed by atoms with E-state index in [1.54, 1.807) is 11.3 Å². The van der Waals surface area contributed by atoms with Crippen molar-refractivity contribution in [2.75, 3.05) is 19.7 Å². The molecule has 0 aliphatic carbocycles. The molecule has 1 aromatic heterocycles. The van der Waals surface area contributed by atoms with E-state index in [0.29, 0.717) is 18.9 Å². The van der Waals surface area contributed by atoms with Gasteiger partial charge in [0, 0.05) is 13.1 Å². The van der Waals surface area contributed by atoms with Crippen molar-refractivity contribution in [3.05, 3.63) is 52.2 Å². The van der Waals surface area contributed by atoms with Gasteiger partial charge in [-0.05, 0) is 65.8 Å². The minimum Gasteiger partial charge on any atom is -0.494 e. The van der Waals surface area contributed by atoms with E-state index >= 15 is 0 Å². The molecule has 0 bridgehead atoms. The predicted molar refractivity (Wildman–Crippen MR) is 94.2 cm³/mol. The van der Waals surface area contributed by atoms with Gasteiger partial charge in [-0.25, -0.2) is 0 Å². The topological polar surface area (TPSA) is 29.5 Å². The van der Waals surface area contributed by atoms with Crippen LogP contribution in [0.5, 0.6) is 5.75 Å². The average Bonchev–Trinajstić information content (AvgIpc) is 3.11. The summed E-state index contributed by atoms with van der Waals surface area (Å²) in [5.41, 5.74) is 2.49. The average molecular weight is 329 g/mol. The quantitative estimate of drug-likeness (QED) is 0.827. The highest BCUT2D eigenvalue weighted by Gasteiger charge is 2.23. The van der Waals surface area contributed by atoms with Crippen molar-refractivity contribution >= 4 is 17.2 Å².